The molecule has 0 aliphatic carbocycles. The highest BCUT2D eigenvalue weighted by molar-refractivity contribution is 5.96. The molecule has 0 radical (unpaired) electrons. The van der Waals surface area contributed by atoms with Gasteiger partial charge in [0, 0.05) is 24.1 Å². The van der Waals surface area contributed by atoms with Gasteiger partial charge < -0.3 is 19.5 Å². The lowest BCUT2D eigenvalue weighted by molar-refractivity contribution is -0.116. The van der Waals surface area contributed by atoms with Crippen molar-refractivity contribution in [1.29, 1.82) is 0 Å². The van der Waals surface area contributed by atoms with Gasteiger partial charge in [-0.05, 0) is 29.3 Å². The molecule has 0 fully saturated rings. The minimum Gasteiger partial charge on any atom is -0.497 e. The molecule has 1 atom stereocenters. The number of carbonyl (C=O) groups is 1. The summed E-state index contributed by atoms with van der Waals surface area (Å²) in [6, 6.07) is 11.5. The third kappa shape index (κ3) is 2.82. The lowest BCUT2D eigenvalue weighted by atomic mass is 9.84. The van der Waals surface area contributed by atoms with E-state index >= 15 is 0 Å². The van der Waals surface area contributed by atoms with Crippen molar-refractivity contribution in [2.75, 3.05) is 26.6 Å². The summed E-state index contributed by atoms with van der Waals surface area (Å²) in [7, 11) is 4.82. The van der Waals surface area contributed by atoms with E-state index in [2.05, 4.69) is 5.32 Å². The fourth-order valence-corrected chi connectivity index (χ4v) is 2.92. The SMILES string of the molecule is COc1ccc([C@H]2CC(=O)Nc3cc(OC)c(OC)cc32)cc1. The Morgan fingerprint density at radius 2 is 1.61 bits per heavy atom. The minimum atomic E-state index is -0.0236. The van der Waals surface area contributed by atoms with Crippen LogP contribution in [0.15, 0.2) is 36.4 Å². The minimum absolute atomic E-state index is 0.00876. The number of nitrogens with one attached hydrogen (secondary N) is 1. The van der Waals surface area contributed by atoms with Crippen LogP contribution in [0.25, 0.3) is 0 Å². The van der Waals surface area contributed by atoms with E-state index in [0.717, 1.165) is 22.6 Å². The van der Waals surface area contributed by atoms with E-state index in [-0.39, 0.29) is 11.8 Å². The lowest BCUT2D eigenvalue weighted by Gasteiger charge is -2.27. The van der Waals surface area contributed by atoms with Crippen LogP contribution < -0.4 is 19.5 Å². The molecule has 0 saturated heterocycles. The molecule has 23 heavy (non-hydrogen) atoms. The Morgan fingerprint density at radius 3 is 2.22 bits per heavy atom. The number of rotatable bonds is 4. The summed E-state index contributed by atoms with van der Waals surface area (Å²) in [5.74, 6) is 2.01. The number of benzene rings is 2. The molecule has 2 aromatic rings. The Morgan fingerprint density at radius 1 is 0.957 bits per heavy atom. The maximum Gasteiger partial charge on any atom is 0.225 e. The molecule has 5 heteroatoms. The van der Waals surface area contributed by atoms with Gasteiger partial charge in [0.1, 0.15) is 5.75 Å². The van der Waals surface area contributed by atoms with Crippen molar-refractivity contribution in [2.45, 2.75) is 12.3 Å². The summed E-state index contributed by atoms with van der Waals surface area (Å²) in [5, 5.41) is 2.91. The summed E-state index contributed by atoms with van der Waals surface area (Å²) in [6.07, 6.45) is 0.398. The second-order valence-corrected chi connectivity index (χ2v) is 5.37. The molecule has 0 bridgehead atoms. The highest BCUT2D eigenvalue weighted by Gasteiger charge is 2.28. The molecule has 0 saturated carbocycles. The van der Waals surface area contributed by atoms with Crippen molar-refractivity contribution in [1.82, 2.24) is 0 Å². The maximum atomic E-state index is 12.1. The molecule has 0 aromatic heterocycles. The Hall–Kier alpha value is -2.69. The highest BCUT2D eigenvalue weighted by Crippen LogP contribution is 2.43. The second-order valence-electron chi connectivity index (χ2n) is 5.37. The van der Waals surface area contributed by atoms with Gasteiger partial charge in [-0.3, -0.25) is 4.79 Å². The molecule has 2 aromatic carbocycles. The average molecular weight is 313 g/mol. The number of ether oxygens (including phenoxy) is 3. The monoisotopic (exact) mass is 313 g/mol. The standard InChI is InChI=1S/C18H19NO4/c1-21-12-6-4-11(5-7-12)13-9-18(20)19-15-10-17(23-3)16(22-2)8-14(13)15/h4-8,10,13H,9H2,1-3H3,(H,19,20)/t13-/m1/s1. The van der Waals surface area contributed by atoms with Gasteiger partial charge >= 0.3 is 0 Å². The summed E-state index contributed by atoms with van der Waals surface area (Å²) >= 11 is 0. The summed E-state index contributed by atoms with van der Waals surface area (Å²) < 4.78 is 15.9. The number of fused-ring (bicyclic) bond motifs is 1. The number of carbonyl (C=O) groups excluding carboxylic acids is 1. The first kappa shape index (κ1) is 15.2. The third-order valence-corrected chi connectivity index (χ3v) is 4.11. The van der Waals surface area contributed by atoms with E-state index in [1.54, 1.807) is 21.3 Å². The normalized spacial score (nSPS) is 16.3. The van der Waals surface area contributed by atoms with Crippen LogP contribution in [0.5, 0.6) is 17.2 Å². The van der Waals surface area contributed by atoms with Gasteiger partial charge in [-0.15, -0.1) is 0 Å². The Labute approximate surface area is 135 Å². The van der Waals surface area contributed by atoms with Gasteiger partial charge in [0.05, 0.1) is 21.3 Å². The molecule has 1 heterocycles. The van der Waals surface area contributed by atoms with Crippen LogP contribution >= 0.6 is 0 Å². The van der Waals surface area contributed by atoms with Crippen LogP contribution in [0.2, 0.25) is 0 Å². The van der Waals surface area contributed by atoms with E-state index < -0.39 is 0 Å². The van der Waals surface area contributed by atoms with Crippen LogP contribution in [0.4, 0.5) is 5.69 Å². The lowest BCUT2D eigenvalue weighted by Crippen LogP contribution is -2.23. The first-order valence-electron chi connectivity index (χ1n) is 7.36. The van der Waals surface area contributed by atoms with Crippen LogP contribution in [-0.2, 0) is 4.79 Å². The van der Waals surface area contributed by atoms with Gasteiger partial charge in [-0.25, -0.2) is 0 Å². The summed E-state index contributed by atoms with van der Waals surface area (Å²) in [5.41, 5.74) is 2.85. The van der Waals surface area contributed by atoms with Crippen molar-refractivity contribution >= 4 is 11.6 Å². The largest absolute Gasteiger partial charge is 0.497 e. The zero-order valence-electron chi connectivity index (χ0n) is 13.4. The fraction of sp³-hybridized carbons (Fsp3) is 0.278. The number of hydrogen-bond donors (Lipinski definition) is 1. The van der Waals surface area contributed by atoms with Crippen molar-refractivity contribution < 1.29 is 19.0 Å². The smallest absolute Gasteiger partial charge is 0.225 e. The zero-order valence-corrected chi connectivity index (χ0v) is 13.4. The molecule has 3 rings (SSSR count). The van der Waals surface area contributed by atoms with Crippen LogP contribution in [0.3, 0.4) is 0 Å². The molecule has 0 spiro atoms. The predicted octanol–water partition coefficient (Wildman–Crippen LogP) is 3.19. The van der Waals surface area contributed by atoms with E-state index in [4.69, 9.17) is 14.2 Å². The molecule has 1 aliphatic heterocycles. The molecule has 1 amide bonds. The molecule has 1 N–H and O–H groups in total. The molecule has 1 aliphatic rings. The van der Waals surface area contributed by atoms with Gasteiger partial charge in [0.2, 0.25) is 5.91 Å². The topological polar surface area (TPSA) is 56.8 Å². The van der Waals surface area contributed by atoms with Gasteiger partial charge in [-0.1, -0.05) is 12.1 Å². The number of amides is 1. The molecule has 0 unspecified atom stereocenters. The fourth-order valence-electron chi connectivity index (χ4n) is 2.92. The van der Waals surface area contributed by atoms with E-state index in [0.29, 0.717) is 17.9 Å². The quantitative estimate of drug-likeness (QED) is 0.942. The van der Waals surface area contributed by atoms with E-state index in [9.17, 15) is 4.79 Å². The average Bonchev–Trinajstić information content (AvgIpc) is 2.59. The molecule has 120 valence electrons. The molecular formula is C18H19NO4. The number of hydrogen-bond acceptors (Lipinski definition) is 4. The first-order valence-corrected chi connectivity index (χ1v) is 7.36. The van der Waals surface area contributed by atoms with Gasteiger partial charge in [0.15, 0.2) is 11.5 Å². The maximum absolute atomic E-state index is 12.1. The first-order chi connectivity index (χ1) is 11.2. The van der Waals surface area contributed by atoms with Crippen molar-refractivity contribution in [2.24, 2.45) is 0 Å². The van der Waals surface area contributed by atoms with Crippen LogP contribution in [0.1, 0.15) is 23.5 Å². The summed E-state index contributed by atoms with van der Waals surface area (Å²) in [4.78, 5) is 12.1. The second kappa shape index (κ2) is 6.20. The van der Waals surface area contributed by atoms with Gasteiger partial charge in [-0.2, -0.15) is 0 Å². The highest BCUT2D eigenvalue weighted by atomic mass is 16.5. The van der Waals surface area contributed by atoms with Crippen molar-refractivity contribution in [3.8, 4) is 17.2 Å². The Balaban J connectivity index is 2.07. The summed E-state index contributed by atoms with van der Waals surface area (Å²) in [6.45, 7) is 0. The third-order valence-electron chi connectivity index (χ3n) is 4.11. The number of methoxy groups -OCH3 is 3. The Kier molecular flexibility index (Phi) is 4.10. The molecular weight excluding hydrogens is 294 g/mol. The number of anilines is 1. The predicted molar refractivity (Wildman–Crippen MR) is 87.6 cm³/mol. The van der Waals surface area contributed by atoms with E-state index in [1.165, 1.54) is 0 Å². The van der Waals surface area contributed by atoms with Crippen molar-refractivity contribution in [3.05, 3.63) is 47.5 Å². The molecule has 5 nitrogen and oxygen atoms in total. The van der Waals surface area contributed by atoms with Crippen molar-refractivity contribution in [3.63, 3.8) is 0 Å². The van der Waals surface area contributed by atoms with Crippen LogP contribution in [0, 0.1) is 0 Å². The van der Waals surface area contributed by atoms with E-state index in [1.807, 2.05) is 36.4 Å². The Bertz CT molecular complexity index is 725. The van der Waals surface area contributed by atoms with Crippen LogP contribution in [-0.4, -0.2) is 27.2 Å². The van der Waals surface area contributed by atoms with Gasteiger partial charge in [0.25, 0.3) is 0 Å². The zero-order chi connectivity index (χ0) is 16.4.